The maximum Gasteiger partial charge on any atom is 0.0371 e. The van der Waals surface area contributed by atoms with Crippen LogP contribution in [0.25, 0.3) is 0 Å². The number of benzene rings is 1. The van der Waals surface area contributed by atoms with Gasteiger partial charge < -0.3 is 10.6 Å². The Morgan fingerprint density at radius 3 is 2.37 bits per heavy atom. The van der Waals surface area contributed by atoms with E-state index in [9.17, 15) is 0 Å². The highest BCUT2D eigenvalue weighted by molar-refractivity contribution is 9.10. The van der Waals surface area contributed by atoms with E-state index in [1.54, 1.807) is 0 Å². The molecule has 0 spiro atoms. The van der Waals surface area contributed by atoms with Gasteiger partial charge in [0, 0.05) is 49.4 Å². The van der Waals surface area contributed by atoms with Crippen LogP contribution in [0.4, 0.5) is 5.69 Å². The summed E-state index contributed by atoms with van der Waals surface area (Å²) in [4.78, 5) is 5.06. The Morgan fingerprint density at radius 1 is 1.16 bits per heavy atom. The number of nitrogen functional groups attached to an aromatic ring is 1. The molecule has 1 aromatic rings. The van der Waals surface area contributed by atoms with Gasteiger partial charge in [-0.3, -0.25) is 4.90 Å². The first-order valence-electron chi connectivity index (χ1n) is 7.03. The normalized spacial score (nSPS) is 18.1. The molecule has 1 heterocycles. The first-order chi connectivity index (χ1) is 9.04. The molecule has 0 unspecified atom stereocenters. The van der Waals surface area contributed by atoms with Gasteiger partial charge in [-0.15, -0.1) is 0 Å². The molecule has 1 fully saturated rings. The number of hydrogen-bond donors (Lipinski definition) is 1. The Morgan fingerprint density at radius 2 is 1.79 bits per heavy atom. The van der Waals surface area contributed by atoms with Gasteiger partial charge in [-0.05, 0) is 23.6 Å². The summed E-state index contributed by atoms with van der Waals surface area (Å²) < 4.78 is 1.05. The molecule has 3 nitrogen and oxygen atoms in total. The fourth-order valence-corrected chi connectivity index (χ4v) is 2.98. The van der Waals surface area contributed by atoms with Gasteiger partial charge in [0.05, 0.1) is 0 Å². The second-order valence-electron chi connectivity index (χ2n) is 5.81. The zero-order valence-electron chi connectivity index (χ0n) is 11.9. The minimum Gasteiger partial charge on any atom is -0.398 e. The Labute approximate surface area is 124 Å². The van der Waals surface area contributed by atoms with Crippen molar-refractivity contribution < 1.29 is 0 Å². The number of piperazine rings is 1. The van der Waals surface area contributed by atoms with Crippen LogP contribution in [0.1, 0.15) is 19.4 Å². The van der Waals surface area contributed by atoms with Gasteiger partial charge in [-0.25, -0.2) is 0 Å². The maximum absolute atomic E-state index is 6.06. The molecule has 2 rings (SSSR count). The van der Waals surface area contributed by atoms with E-state index >= 15 is 0 Å². The maximum atomic E-state index is 6.06. The average molecular weight is 326 g/mol. The summed E-state index contributed by atoms with van der Waals surface area (Å²) in [6, 6.07) is 6.19. The van der Waals surface area contributed by atoms with E-state index in [0.717, 1.165) is 35.7 Å². The number of rotatable bonds is 4. The molecule has 0 radical (unpaired) electrons. The van der Waals surface area contributed by atoms with Crippen molar-refractivity contribution in [1.82, 2.24) is 9.80 Å². The first-order valence-corrected chi connectivity index (χ1v) is 7.82. The summed E-state index contributed by atoms with van der Waals surface area (Å²) in [7, 11) is 0. The third-order valence-electron chi connectivity index (χ3n) is 3.59. The Bertz CT molecular complexity index is 412. The van der Waals surface area contributed by atoms with Gasteiger partial charge in [-0.2, -0.15) is 0 Å². The van der Waals surface area contributed by atoms with Crippen LogP contribution in [0.3, 0.4) is 0 Å². The molecule has 1 aliphatic rings. The van der Waals surface area contributed by atoms with Crippen molar-refractivity contribution in [3.8, 4) is 0 Å². The number of hydrogen-bond acceptors (Lipinski definition) is 3. The summed E-state index contributed by atoms with van der Waals surface area (Å²) in [5.41, 5.74) is 8.19. The van der Waals surface area contributed by atoms with E-state index in [1.807, 2.05) is 6.07 Å². The van der Waals surface area contributed by atoms with Gasteiger partial charge in [0.2, 0.25) is 0 Å². The van der Waals surface area contributed by atoms with Gasteiger partial charge in [0.15, 0.2) is 0 Å². The summed E-state index contributed by atoms with van der Waals surface area (Å²) in [6.45, 7) is 11.4. The number of anilines is 1. The third-order valence-corrected chi connectivity index (χ3v) is 4.08. The summed E-state index contributed by atoms with van der Waals surface area (Å²) in [5.74, 6) is 0.758. The summed E-state index contributed by atoms with van der Waals surface area (Å²) in [6.07, 6.45) is 0. The number of nitrogens with two attached hydrogens (primary N) is 1. The SMILES string of the molecule is CC(C)CN1CCN(Cc2ccc(Br)cc2N)CC1. The molecular formula is C15H24BrN3. The van der Waals surface area contributed by atoms with Gasteiger partial charge >= 0.3 is 0 Å². The van der Waals surface area contributed by atoms with Crippen LogP contribution in [0, 0.1) is 5.92 Å². The predicted octanol–water partition coefficient (Wildman–Crippen LogP) is 2.80. The van der Waals surface area contributed by atoms with Crippen molar-refractivity contribution in [3.63, 3.8) is 0 Å². The number of halogens is 1. The molecule has 19 heavy (non-hydrogen) atoms. The zero-order valence-corrected chi connectivity index (χ0v) is 13.5. The van der Waals surface area contributed by atoms with Gasteiger partial charge in [0.1, 0.15) is 0 Å². The van der Waals surface area contributed by atoms with Crippen LogP contribution in [-0.4, -0.2) is 42.5 Å². The van der Waals surface area contributed by atoms with Crippen molar-refractivity contribution in [2.75, 3.05) is 38.5 Å². The van der Waals surface area contributed by atoms with Crippen LogP contribution in [0.5, 0.6) is 0 Å². The lowest BCUT2D eigenvalue weighted by molar-refractivity contribution is 0.117. The van der Waals surface area contributed by atoms with Gasteiger partial charge in [0.25, 0.3) is 0 Å². The second kappa shape index (κ2) is 6.73. The van der Waals surface area contributed by atoms with E-state index in [4.69, 9.17) is 5.73 Å². The van der Waals surface area contributed by atoms with Crippen LogP contribution in [0.15, 0.2) is 22.7 Å². The lowest BCUT2D eigenvalue weighted by atomic mass is 10.1. The summed E-state index contributed by atoms with van der Waals surface area (Å²) >= 11 is 3.45. The fraction of sp³-hybridized carbons (Fsp3) is 0.600. The molecule has 1 aromatic carbocycles. The largest absolute Gasteiger partial charge is 0.398 e. The lowest BCUT2D eigenvalue weighted by Gasteiger charge is -2.35. The molecule has 0 aromatic heterocycles. The number of nitrogens with zero attached hydrogens (tertiary/aromatic N) is 2. The van der Waals surface area contributed by atoms with E-state index in [2.05, 4.69) is 51.7 Å². The highest BCUT2D eigenvalue weighted by Gasteiger charge is 2.18. The van der Waals surface area contributed by atoms with Crippen LogP contribution in [-0.2, 0) is 6.54 Å². The molecule has 0 atom stereocenters. The van der Waals surface area contributed by atoms with Crippen molar-refractivity contribution in [2.24, 2.45) is 5.92 Å². The first kappa shape index (κ1) is 14.8. The van der Waals surface area contributed by atoms with Gasteiger partial charge in [-0.1, -0.05) is 35.8 Å². The van der Waals surface area contributed by atoms with Crippen molar-refractivity contribution in [1.29, 1.82) is 0 Å². The minimum atomic E-state index is 0.758. The second-order valence-corrected chi connectivity index (χ2v) is 6.73. The molecule has 106 valence electrons. The summed E-state index contributed by atoms with van der Waals surface area (Å²) in [5, 5.41) is 0. The molecule has 0 aliphatic carbocycles. The van der Waals surface area contributed by atoms with E-state index in [1.165, 1.54) is 25.2 Å². The van der Waals surface area contributed by atoms with Crippen LogP contribution >= 0.6 is 15.9 Å². The minimum absolute atomic E-state index is 0.758. The topological polar surface area (TPSA) is 32.5 Å². The van der Waals surface area contributed by atoms with Crippen LogP contribution in [0.2, 0.25) is 0 Å². The van der Waals surface area contributed by atoms with Crippen LogP contribution < -0.4 is 5.73 Å². The standard InChI is InChI=1S/C15H24BrN3/c1-12(2)10-18-5-7-19(8-6-18)11-13-3-4-14(16)9-15(13)17/h3-4,9,12H,5-8,10-11,17H2,1-2H3. The predicted molar refractivity (Wildman–Crippen MR) is 85.1 cm³/mol. The third kappa shape index (κ3) is 4.48. The molecule has 4 heteroatoms. The van der Waals surface area contributed by atoms with Crippen molar-refractivity contribution in [2.45, 2.75) is 20.4 Å². The lowest BCUT2D eigenvalue weighted by Crippen LogP contribution is -2.46. The molecule has 0 bridgehead atoms. The molecule has 1 saturated heterocycles. The average Bonchev–Trinajstić information content (AvgIpc) is 2.34. The highest BCUT2D eigenvalue weighted by Crippen LogP contribution is 2.20. The molecular weight excluding hydrogens is 302 g/mol. The molecule has 0 amide bonds. The van der Waals surface area contributed by atoms with Crippen molar-refractivity contribution >= 4 is 21.6 Å². The van der Waals surface area contributed by atoms with E-state index in [-0.39, 0.29) is 0 Å². The zero-order chi connectivity index (χ0) is 13.8. The smallest absolute Gasteiger partial charge is 0.0371 e. The molecule has 2 N–H and O–H groups in total. The Balaban J connectivity index is 1.85. The van der Waals surface area contributed by atoms with E-state index in [0.29, 0.717) is 0 Å². The quantitative estimate of drug-likeness (QED) is 0.864. The highest BCUT2D eigenvalue weighted by atomic mass is 79.9. The Hall–Kier alpha value is -0.580. The molecule has 0 saturated carbocycles. The fourth-order valence-electron chi connectivity index (χ4n) is 2.60. The monoisotopic (exact) mass is 325 g/mol. The molecule has 1 aliphatic heterocycles. The van der Waals surface area contributed by atoms with Crippen molar-refractivity contribution in [3.05, 3.63) is 28.2 Å². The van der Waals surface area contributed by atoms with E-state index < -0.39 is 0 Å². The Kier molecular flexibility index (Phi) is 5.25.